The average Bonchev–Trinajstić information content (AvgIpc) is 2.80. The summed E-state index contributed by atoms with van der Waals surface area (Å²) in [5, 5.41) is 2.71. The first-order valence-electron chi connectivity index (χ1n) is 9.85. The number of rotatable bonds is 3. The Morgan fingerprint density at radius 3 is 1.42 bits per heavy atom. The lowest BCUT2D eigenvalue weighted by Crippen LogP contribution is -2.27. The Morgan fingerprint density at radius 2 is 0.848 bits per heavy atom. The summed E-state index contributed by atoms with van der Waals surface area (Å²) >= 11 is 0. The van der Waals surface area contributed by atoms with Crippen molar-refractivity contribution in [3.8, 4) is 0 Å². The van der Waals surface area contributed by atoms with Crippen LogP contribution in [0.4, 0.5) is 26.3 Å². The molecule has 0 saturated heterocycles. The van der Waals surface area contributed by atoms with E-state index in [1.807, 2.05) is 24.3 Å². The van der Waals surface area contributed by atoms with Crippen molar-refractivity contribution in [3.63, 3.8) is 0 Å². The maximum atomic E-state index is 15.0. The third-order valence-corrected chi connectivity index (χ3v) is 7.95. The van der Waals surface area contributed by atoms with E-state index in [4.69, 9.17) is 0 Å². The summed E-state index contributed by atoms with van der Waals surface area (Å²) in [4.78, 5) is 0. The number of halogens is 6. The fourth-order valence-corrected chi connectivity index (χ4v) is 6.50. The van der Waals surface area contributed by atoms with Crippen molar-refractivity contribution in [1.82, 2.24) is 0 Å². The quantitative estimate of drug-likeness (QED) is 0.121. The van der Waals surface area contributed by atoms with Gasteiger partial charge in [-0.15, -0.1) is 0 Å². The lowest BCUT2D eigenvalue weighted by Gasteiger charge is -2.23. The summed E-state index contributed by atoms with van der Waals surface area (Å²) in [5.41, 5.74) is 0. The molecule has 5 aromatic carbocycles. The zero-order valence-corrected chi connectivity index (χ0v) is 17.6. The van der Waals surface area contributed by atoms with Gasteiger partial charge in [-0.3, -0.25) is 0 Å². The van der Waals surface area contributed by atoms with Crippen molar-refractivity contribution in [2.45, 2.75) is 0 Å². The lowest BCUT2D eigenvalue weighted by atomic mass is 10.0. The minimum absolute atomic E-state index is 0.339. The van der Waals surface area contributed by atoms with Crippen LogP contribution in [0.25, 0.3) is 21.5 Å². The van der Waals surface area contributed by atoms with E-state index >= 15 is 0 Å². The first-order chi connectivity index (χ1) is 15.8. The average molecular weight is 470 g/mol. The van der Waals surface area contributed by atoms with E-state index in [2.05, 4.69) is 0 Å². The highest BCUT2D eigenvalue weighted by atomic mass is 31.1. The highest BCUT2D eigenvalue weighted by Crippen LogP contribution is 2.40. The summed E-state index contributed by atoms with van der Waals surface area (Å²) in [7, 11) is -2.28. The third-order valence-electron chi connectivity index (χ3n) is 5.45. The molecule has 0 bridgehead atoms. The largest absolute Gasteiger partial charge is 0.206 e. The predicted molar refractivity (Wildman–Crippen MR) is 120 cm³/mol. The van der Waals surface area contributed by atoms with Crippen LogP contribution in [0, 0.1) is 34.9 Å². The Bertz CT molecular complexity index is 1490. The molecule has 0 fully saturated rings. The molecule has 0 aliphatic heterocycles. The first kappa shape index (κ1) is 21.5. The molecule has 0 aliphatic rings. The van der Waals surface area contributed by atoms with E-state index in [9.17, 15) is 26.3 Å². The molecule has 33 heavy (non-hydrogen) atoms. The van der Waals surface area contributed by atoms with Crippen LogP contribution in [-0.4, -0.2) is 0 Å². The van der Waals surface area contributed by atoms with Gasteiger partial charge in [0.25, 0.3) is 0 Å². The monoisotopic (exact) mass is 470 g/mol. The second kappa shape index (κ2) is 8.20. The van der Waals surface area contributed by atoms with Gasteiger partial charge in [0.1, 0.15) is 11.6 Å². The van der Waals surface area contributed by atoms with Crippen LogP contribution in [0.15, 0.2) is 78.9 Å². The number of hydrogen-bond donors (Lipinski definition) is 0. The molecule has 5 aromatic rings. The molecule has 0 N–H and O–H groups in total. The highest BCUT2D eigenvalue weighted by Gasteiger charge is 2.28. The molecule has 0 saturated carbocycles. The van der Waals surface area contributed by atoms with Crippen LogP contribution < -0.4 is 15.9 Å². The molecule has 0 amide bonds. The van der Waals surface area contributed by atoms with E-state index < -0.39 is 42.8 Å². The summed E-state index contributed by atoms with van der Waals surface area (Å²) < 4.78 is 85.8. The molecular weight excluding hydrogens is 457 g/mol. The summed E-state index contributed by atoms with van der Waals surface area (Å²) in [6.45, 7) is 0. The molecule has 0 nitrogen and oxygen atoms in total. The van der Waals surface area contributed by atoms with E-state index in [1.165, 1.54) is 0 Å². The second-order valence-corrected chi connectivity index (χ2v) is 9.55. The van der Waals surface area contributed by atoms with Crippen LogP contribution in [-0.2, 0) is 0 Å². The molecule has 0 aliphatic carbocycles. The molecule has 7 heteroatoms. The van der Waals surface area contributed by atoms with E-state index in [0.29, 0.717) is 35.0 Å². The molecule has 0 atom stereocenters. The molecule has 0 aromatic heterocycles. The van der Waals surface area contributed by atoms with Gasteiger partial charge in [0.2, 0.25) is 0 Å². The van der Waals surface area contributed by atoms with Crippen LogP contribution in [0.2, 0.25) is 0 Å². The van der Waals surface area contributed by atoms with E-state index in [1.54, 1.807) is 30.3 Å². The van der Waals surface area contributed by atoms with Gasteiger partial charge in [-0.25, -0.2) is 26.3 Å². The van der Waals surface area contributed by atoms with Crippen molar-refractivity contribution in [1.29, 1.82) is 0 Å². The van der Waals surface area contributed by atoms with Gasteiger partial charge >= 0.3 is 0 Å². The zero-order valence-electron chi connectivity index (χ0n) is 16.7. The van der Waals surface area contributed by atoms with E-state index in [-0.39, 0.29) is 10.6 Å². The highest BCUT2D eigenvalue weighted by molar-refractivity contribution is 7.80. The van der Waals surface area contributed by atoms with E-state index in [0.717, 1.165) is 16.2 Å². The van der Waals surface area contributed by atoms with Gasteiger partial charge in [0, 0.05) is 22.7 Å². The molecule has 0 radical (unpaired) electrons. The third kappa shape index (κ3) is 3.65. The predicted octanol–water partition coefficient (Wildman–Crippen LogP) is 6.59. The Labute approximate surface area is 185 Å². The van der Waals surface area contributed by atoms with Gasteiger partial charge in [-0.2, -0.15) is 0 Å². The first-order valence-corrected chi connectivity index (χ1v) is 11.2. The van der Waals surface area contributed by atoms with Crippen LogP contribution in [0.1, 0.15) is 0 Å². The van der Waals surface area contributed by atoms with Gasteiger partial charge in [0.15, 0.2) is 23.3 Å². The van der Waals surface area contributed by atoms with Crippen LogP contribution in [0.5, 0.6) is 0 Å². The molecule has 0 spiro atoms. The maximum Gasteiger partial charge on any atom is 0.161 e. The molecule has 0 heterocycles. The Morgan fingerprint density at radius 1 is 0.394 bits per heavy atom. The normalized spacial score (nSPS) is 11.6. The molecule has 164 valence electrons. The van der Waals surface area contributed by atoms with Crippen molar-refractivity contribution in [2.75, 3.05) is 0 Å². The second-order valence-electron chi connectivity index (χ2n) is 7.43. The molecule has 5 rings (SSSR count). The number of benzene rings is 5. The zero-order chi connectivity index (χ0) is 23.3. The Balaban J connectivity index is 1.93. The van der Waals surface area contributed by atoms with Crippen molar-refractivity contribution < 1.29 is 26.3 Å². The standard InChI is InChI=1S/C26H13F6P/c27-18-10-22(31)25(12-20(18)29)33(26-13-21(30)19(28)11-23(26)32)24-9-14-5-1-2-6-15(14)16-7-3-4-8-17(16)24/h1-13H. The van der Waals surface area contributed by atoms with Gasteiger partial charge < -0.3 is 0 Å². The Hall–Kier alpha value is -3.37. The minimum Gasteiger partial charge on any atom is -0.206 e. The minimum atomic E-state index is -2.28. The molecule has 0 unspecified atom stereocenters. The summed E-state index contributed by atoms with van der Waals surface area (Å²) in [6.07, 6.45) is 0. The SMILES string of the molecule is Fc1cc(F)c(P(c2cc(F)c(F)cc2F)c2cc3ccccc3c3ccccc23)cc1F. The number of hydrogen-bond acceptors (Lipinski definition) is 0. The molecular formula is C26H13F6P. The van der Waals surface area contributed by atoms with Gasteiger partial charge in [-0.1, -0.05) is 48.5 Å². The summed E-state index contributed by atoms with van der Waals surface area (Å²) in [6, 6.07) is 18.2. The maximum absolute atomic E-state index is 15.0. The fraction of sp³-hybridized carbons (Fsp3) is 0. The topological polar surface area (TPSA) is 0 Å². The lowest BCUT2D eigenvalue weighted by molar-refractivity contribution is 0.497. The Kier molecular flexibility index (Phi) is 5.34. The number of fused-ring (bicyclic) bond motifs is 3. The van der Waals surface area contributed by atoms with Gasteiger partial charge in [0.05, 0.1) is 0 Å². The smallest absolute Gasteiger partial charge is 0.161 e. The van der Waals surface area contributed by atoms with Crippen molar-refractivity contribution >= 4 is 45.4 Å². The van der Waals surface area contributed by atoms with Crippen molar-refractivity contribution in [3.05, 3.63) is 114 Å². The van der Waals surface area contributed by atoms with Crippen LogP contribution in [0.3, 0.4) is 0 Å². The summed E-state index contributed by atoms with van der Waals surface area (Å²) in [5.74, 6) is -7.68. The van der Waals surface area contributed by atoms with Crippen LogP contribution >= 0.6 is 7.92 Å². The van der Waals surface area contributed by atoms with Crippen molar-refractivity contribution in [2.24, 2.45) is 0 Å². The fourth-order valence-electron chi connectivity index (χ4n) is 3.98. The van der Waals surface area contributed by atoms with Gasteiger partial charge in [-0.05, 0) is 53.0 Å².